The predicted octanol–water partition coefficient (Wildman–Crippen LogP) is 3.06. The molecule has 1 aliphatic carbocycles. The molecule has 0 radical (unpaired) electrons. The summed E-state index contributed by atoms with van der Waals surface area (Å²) in [6.07, 6.45) is -3.96. The number of alkyl halides is 3. The Morgan fingerprint density at radius 2 is 1.62 bits per heavy atom. The topological polar surface area (TPSA) is 178 Å². The van der Waals surface area contributed by atoms with E-state index in [4.69, 9.17) is 24.9 Å². The molecule has 1 saturated carbocycles. The van der Waals surface area contributed by atoms with Crippen LogP contribution in [0, 0.1) is 0 Å². The van der Waals surface area contributed by atoms with Crippen LogP contribution >= 0.6 is 0 Å². The summed E-state index contributed by atoms with van der Waals surface area (Å²) in [4.78, 5) is 37.9. The second-order valence-corrected chi connectivity index (χ2v) is 12.2. The fraction of sp³-hybridized carbons (Fsp3) is 0.441. The van der Waals surface area contributed by atoms with Gasteiger partial charge in [-0.2, -0.15) is 23.1 Å². The van der Waals surface area contributed by atoms with Crippen LogP contribution in [-0.4, -0.2) is 104 Å². The molecule has 3 heterocycles. The Labute approximate surface area is 286 Å². The quantitative estimate of drug-likeness (QED) is 0.151. The molecular weight excluding hydrogens is 657 g/mol. The summed E-state index contributed by atoms with van der Waals surface area (Å²) >= 11 is 0. The minimum Gasteiger partial charge on any atom is -0.475 e. The number of hydrogen-bond acceptors (Lipinski definition) is 10. The lowest BCUT2D eigenvalue weighted by atomic mass is 9.91. The summed E-state index contributed by atoms with van der Waals surface area (Å²) in [7, 11) is 0. The van der Waals surface area contributed by atoms with Gasteiger partial charge in [0.1, 0.15) is 12.2 Å². The van der Waals surface area contributed by atoms with E-state index in [0.717, 1.165) is 32.6 Å². The van der Waals surface area contributed by atoms with Crippen molar-refractivity contribution in [3.8, 4) is 0 Å². The number of carbonyl (C=O) groups is 2. The fourth-order valence-electron chi connectivity index (χ4n) is 6.19. The molecule has 268 valence electrons. The Balaban J connectivity index is 0.000000630. The molecule has 2 aromatic carbocycles. The Morgan fingerprint density at radius 3 is 2.22 bits per heavy atom. The van der Waals surface area contributed by atoms with Gasteiger partial charge in [0.05, 0.1) is 18.4 Å². The van der Waals surface area contributed by atoms with Crippen molar-refractivity contribution in [2.45, 2.75) is 62.6 Å². The second kappa shape index (κ2) is 16.3. The highest BCUT2D eigenvalue weighted by Gasteiger charge is 2.44. The number of aromatic nitrogens is 4. The molecule has 13 nitrogen and oxygen atoms in total. The van der Waals surface area contributed by atoms with Gasteiger partial charge in [-0.25, -0.2) is 9.78 Å². The Morgan fingerprint density at radius 1 is 0.980 bits per heavy atom. The third-order valence-electron chi connectivity index (χ3n) is 8.83. The zero-order valence-corrected chi connectivity index (χ0v) is 27.4. The van der Waals surface area contributed by atoms with Gasteiger partial charge in [0.2, 0.25) is 11.9 Å². The van der Waals surface area contributed by atoms with Crippen LogP contribution in [0.3, 0.4) is 0 Å². The van der Waals surface area contributed by atoms with Gasteiger partial charge in [0.25, 0.3) is 0 Å². The first kappa shape index (κ1) is 36.5. The molecule has 6 rings (SSSR count). The molecule has 6 N–H and O–H groups in total. The molecule has 2 aromatic heterocycles. The van der Waals surface area contributed by atoms with Crippen LogP contribution in [0.5, 0.6) is 0 Å². The number of halogens is 3. The molecule has 4 aromatic rings. The van der Waals surface area contributed by atoms with Crippen LogP contribution < -0.4 is 20.9 Å². The summed E-state index contributed by atoms with van der Waals surface area (Å²) in [5, 5.41) is 38.9. The third kappa shape index (κ3) is 8.67. The first-order chi connectivity index (χ1) is 24.0. The third-order valence-corrected chi connectivity index (χ3v) is 8.83. The van der Waals surface area contributed by atoms with Crippen LogP contribution in [0.4, 0.5) is 24.9 Å². The highest BCUT2D eigenvalue weighted by molar-refractivity contribution is 5.84. The van der Waals surface area contributed by atoms with Gasteiger partial charge >= 0.3 is 12.1 Å². The van der Waals surface area contributed by atoms with E-state index in [2.05, 4.69) is 69.4 Å². The molecular formula is C34H41F3N8O5. The van der Waals surface area contributed by atoms with Gasteiger partial charge in [0, 0.05) is 38.5 Å². The molecule has 2 fully saturated rings. The van der Waals surface area contributed by atoms with E-state index in [0.29, 0.717) is 42.3 Å². The maximum atomic E-state index is 12.1. The number of aliphatic hydroxyl groups is 2. The monoisotopic (exact) mass is 698 g/mol. The summed E-state index contributed by atoms with van der Waals surface area (Å²) in [6, 6.07) is 19.8. The van der Waals surface area contributed by atoms with Crippen molar-refractivity contribution in [2.75, 3.05) is 42.9 Å². The average Bonchev–Trinajstić information content (AvgIpc) is 3.51. The van der Waals surface area contributed by atoms with E-state index >= 15 is 0 Å². The van der Waals surface area contributed by atoms with Gasteiger partial charge in [-0.05, 0) is 30.5 Å². The molecule has 0 unspecified atom stereocenters. The summed E-state index contributed by atoms with van der Waals surface area (Å²) in [6.45, 7) is 5.71. The predicted molar refractivity (Wildman–Crippen MR) is 180 cm³/mol. The first-order valence-corrected chi connectivity index (χ1v) is 16.5. The second-order valence-electron chi connectivity index (χ2n) is 12.2. The Hall–Kier alpha value is -4.80. The van der Waals surface area contributed by atoms with Crippen LogP contribution in [-0.2, 0) is 9.59 Å². The van der Waals surface area contributed by atoms with Gasteiger partial charge < -0.3 is 40.7 Å². The number of carbonyl (C=O) groups excluding carboxylic acids is 1. The van der Waals surface area contributed by atoms with Gasteiger partial charge in [-0.15, -0.1) is 0 Å². The van der Waals surface area contributed by atoms with Gasteiger partial charge in [-0.3, -0.25) is 4.79 Å². The Bertz CT molecular complexity index is 1680. The standard InChI is InChI=1S/C32H40N8O3.C2HF3O2/c1-2-26(41)36-24-18-25(29(43)28(24)42)40-20-35-27-30(37-32(38-31(27)40)39-16-9-14-33-15-17-39)34-19-23(21-10-5-3-6-11-21)22-12-7-4-8-13-22;3-2(4,5)1(6)7/h3-8,10-13,20,23-25,28-29,33,42-43H,2,9,14-19H2,1H3,(H,36,41)(H,34,37,38);(H,6,7)/t24-,25+,28+,29-;/m0./s1. The maximum Gasteiger partial charge on any atom is 0.490 e. The normalized spacial score (nSPS) is 21.0. The number of aliphatic carboxylic acids is 1. The number of aliphatic hydroxyl groups excluding tert-OH is 2. The number of hydrogen-bond donors (Lipinski definition) is 6. The van der Waals surface area contributed by atoms with Gasteiger partial charge in [-0.1, -0.05) is 67.6 Å². The van der Waals surface area contributed by atoms with Crippen molar-refractivity contribution in [1.82, 2.24) is 30.2 Å². The van der Waals surface area contributed by atoms with Crippen LogP contribution in [0.1, 0.15) is 49.3 Å². The van der Waals surface area contributed by atoms with Crippen LogP contribution in [0.2, 0.25) is 0 Å². The Kier molecular flexibility index (Phi) is 11.9. The number of anilines is 2. The minimum absolute atomic E-state index is 0.0788. The molecule has 50 heavy (non-hydrogen) atoms. The van der Waals surface area contributed by atoms with E-state index in [1.807, 2.05) is 16.7 Å². The highest BCUT2D eigenvalue weighted by atomic mass is 19.4. The largest absolute Gasteiger partial charge is 0.490 e. The van der Waals surface area contributed by atoms with E-state index in [9.17, 15) is 28.2 Å². The lowest BCUT2D eigenvalue weighted by Crippen LogP contribution is -2.42. The van der Waals surface area contributed by atoms with Crippen molar-refractivity contribution in [3.63, 3.8) is 0 Å². The molecule has 1 saturated heterocycles. The summed E-state index contributed by atoms with van der Waals surface area (Å²) in [5.74, 6) is -1.62. The van der Waals surface area contributed by atoms with E-state index in [-0.39, 0.29) is 11.8 Å². The zero-order chi connectivity index (χ0) is 35.8. The number of imidazole rings is 1. The lowest BCUT2D eigenvalue weighted by molar-refractivity contribution is -0.192. The van der Waals surface area contributed by atoms with Crippen molar-refractivity contribution >= 4 is 34.8 Å². The molecule has 16 heteroatoms. The van der Waals surface area contributed by atoms with Crippen molar-refractivity contribution in [2.24, 2.45) is 0 Å². The van der Waals surface area contributed by atoms with E-state index < -0.39 is 36.4 Å². The summed E-state index contributed by atoms with van der Waals surface area (Å²) < 4.78 is 33.6. The van der Waals surface area contributed by atoms with E-state index in [1.165, 1.54) is 11.1 Å². The van der Waals surface area contributed by atoms with Crippen molar-refractivity contribution in [1.29, 1.82) is 0 Å². The number of rotatable bonds is 9. The number of nitrogens with zero attached hydrogens (tertiary/aromatic N) is 5. The molecule has 0 bridgehead atoms. The van der Waals surface area contributed by atoms with Crippen LogP contribution in [0.25, 0.3) is 11.2 Å². The number of nitrogens with one attached hydrogen (secondary N) is 3. The SMILES string of the molecule is CCC(=O)N[C@H]1C[C@@H](n2cnc3c(NCC(c4ccccc4)c4ccccc4)nc(N4CCCNCC4)nc32)[C@H](O)[C@@H]1O.O=C(O)C(F)(F)F. The number of amides is 1. The zero-order valence-electron chi connectivity index (χ0n) is 27.4. The smallest absolute Gasteiger partial charge is 0.475 e. The molecule has 1 aliphatic heterocycles. The maximum absolute atomic E-state index is 12.1. The number of carboxylic acids is 1. The lowest BCUT2D eigenvalue weighted by Gasteiger charge is -2.23. The van der Waals surface area contributed by atoms with Crippen LogP contribution in [0.15, 0.2) is 67.0 Å². The number of fused-ring (bicyclic) bond motifs is 1. The minimum atomic E-state index is -5.08. The number of benzene rings is 2. The van der Waals surface area contributed by atoms with Gasteiger partial charge in [0.15, 0.2) is 17.0 Å². The molecule has 1 amide bonds. The van der Waals surface area contributed by atoms with Crippen molar-refractivity contribution < 1.29 is 38.1 Å². The average molecular weight is 699 g/mol. The molecule has 4 atom stereocenters. The van der Waals surface area contributed by atoms with Crippen molar-refractivity contribution in [3.05, 3.63) is 78.1 Å². The molecule has 2 aliphatic rings. The van der Waals surface area contributed by atoms with E-state index in [1.54, 1.807) is 13.3 Å². The fourth-order valence-corrected chi connectivity index (χ4v) is 6.19. The summed E-state index contributed by atoms with van der Waals surface area (Å²) in [5.41, 5.74) is 3.57. The number of carboxylic acid groups (broad SMARTS) is 1. The first-order valence-electron chi connectivity index (χ1n) is 16.5. The highest BCUT2D eigenvalue weighted by Crippen LogP contribution is 2.35. The molecule has 0 spiro atoms.